The van der Waals surface area contributed by atoms with Gasteiger partial charge in [-0.15, -0.1) is 0 Å². The van der Waals surface area contributed by atoms with Crippen molar-refractivity contribution in [2.75, 3.05) is 4.90 Å². The van der Waals surface area contributed by atoms with E-state index in [-0.39, 0.29) is 0 Å². The molecule has 3 heteroatoms. The molecular weight excluding hydrogens is 719 g/mol. The first-order valence-electron chi connectivity index (χ1n) is 20.1. The Bertz CT molecular complexity index is 3330. The average molecular weight is 754 g/mol. The second-order valence-electron chi connectivity index (χ2n) is 15.2. The highest BCUT2D eigenvalue weighted by Crippen LogP contribution is 2.43. The Balaban J connectivity index is 0.960. The summed E-state index contributed by atoms with van der Waals surface area (Å²) >= 11 is 0. The molecule has 10 aromatic carbocycles. The molecule has 0 aliphatic carbocycles. The summed E-state index contributed by atoms with van der Waals surface area (Å²) in [5.74, 6) is 0. The van der Waals surface area contributed by atoms with Gasteiger partial charge >= 0.3 is 0 Å². The third kappa shape index (κ3) is 5.44. The van der Waals surface area contributed by atoms with E-state index in [4.69, 9.17) is 8.83 Å². The van der Waals surface area contributed by atoms with E-state index in [1.54, 1.807) is 0 Å². The highest BCUT2D eigenvalue weighted by molar-refractivity contribution is 6.20. The molecule has 0 aliphatic rings. The van der Waals surface area contributed by atoms with Crippen molar-refractivity contribution in [3.63, 3.8) is 0 Å². The summed E-state index contributed by atoms with van der Waals surface area (Å²) in [7, 11) is 0. The van der Waals surface area contributed by atoms with Crippen molar-refractivity contribution < 1.29 is 8.83 Å². The minimum atomic E-state index is 0.894. The summed E-state index contributed by atoms with van der Waals surface area (Å²) in [6, 6.07) is 75.6. The third-order valence-electron chi connectivity index (χ3n) is 11.9. The van der Waals surface area contributed by atoms with Crippen molar-refractivity contribution in [1.29, 1.82) is 0 Å². The van der Waals surface area contributed by atoms with E-state index >= 15 is 0 Å². The predicted molar refractivity (Wildman–Crippen MR) is 247 cm³/mol. The van der Waals surface area contributed by atoms with Gasteiger partial charge in [-0.1, -0.05) is 152 Å². The summed E-state index contributed by atoms with van der Waals surface area (Å²) in [4.78, 5) is 2.34. The van der Waals surface area contributed by atoms with Gasteiger partial charge in [0.1, 0.15) is 22.3 Å². The third-order valence-corrected chi connectivity index (χ3v) is 11.9. The van der Waals surface area contributed by atoms with Crippen molar-refractivity contribution in [2.24, 2.45) is 0 Å². The fourth-order valence-corrected chi connectivity index (χ4v) is 9.05. The highest BCUT2D eigenvalue weighted by atomic mass is 16.3. The number of hydrogen-bond acceptors (Lipinski definition) is 3. The zero-order valence-corrected chi connectivity index (χ0v) is 32.0. The van der Waals surface area contributed by atoms with Gasteiger partial charge < -0.3 is 13.7 Å². The van der Waals surface area contributed by atoms with E-state index in [1.807, 2.05) is 0 Å². The standard InChI is InChI=1S/C56H35NO2/c1-2-10-36(11-3-1)37-20-28-42(29-21-37)57(43-30-22-40(23-31-43)45-16-8-18-51-53(45)49-34-26-38-12-4-6-14-47(38)55(49)58-51)44-32-24-41(25-33-44)46-17-9-19-52-54(46)50-35-27-39-13-5-7-15-48(39)56(50)59-52/h1-35H. The SMILES string of the molecule is c1ccc(-c2ccc(N(c3ccc(-c4cccc5oc6c7ccccc7ccc6c45)cc3)c3ccc(-c4cccc5oc6c7ccccc7ccc6c45)cc3)cc2)cc1. The number of nitrogens with zero attached hydrogens (tertiary/aromatic N) is 1. The van der Waals surface area contributed by atoms with Crippen LogP contribution in [0.3, 0.4) is 0 Å². The van der Waals surface area contributed by atoms with Crippen LogP contribution >= 0.6 is 0 Å². The van der Waals surface area contributed by atoms with Gasteiger partial charge in [0, 0.05) is 49.4 Å². The van der Waals surface area contributed by atoms with E-state index in [0.717, 1.165) is 94.0 Å². The second kappa shape index (κ2) is 13.4. The topological polar surface area (TPSA) is 29.5 Å². The number of anilines is 3. The predicted octanol–water partition coefficient (Wildman–Crippen LogP) is 16.3. The van der Waals surface area contributed by atoms with Crippen molar-refractivity contribution in [3.05, 3.63) is 212 Å². The van der Waals surface area contributed by atoms with Gasteiger partial charge in [-0.25, -0.2) is 0 Å². The lowest BCUT2D eigenvalue weighted by Crippen LogP contribution is -2.09. The fourth-order valence-electron chi connectivity index (χ4n) is 9.05. The Morgan fingerprint density at radius 2 is 0.678 bits per heavy atom. The summed E-state index contributed by atoms with van der Waals surface area (Å²) in [6.45, 7) is 0. The van der Waals surface area contributed by atoms with Gasteiger partial charge in [-0.05, 0) is 105 Å². The van der Waals surface area contributed by atoms with E-state index in [2.05, 4.69) is 217 Å². The van der Waals surface area contributed by atoms with E-state index in [0.29, 0.717) is 0 Å². The maximum atomic E-state index is 6.53. The normalized spacial score (nSPS) is 11.7. The van der Waals surface area contributed by atoms with Crippen molar-refractivity contribution in [1.82, 2.24) is 0 Å². The monoisotopic (exact) mass is 753 g/mol. The van der Waals surface area contributed by atoms with Gasteiger partial charge in [-0.2, -0.15) is 0 Å². The largest absolute Gasteiger partial charge is 0.455 e. The molecule has 12 aromatic rings. The second-order valence-corrected chi connectivity index (χ2v) is 15.2. The number of benzene rings is 10. The molecule has 276 valence electrons. The van der Waals surface area contributed by atoms with Crippen molar-refractivity contribution in [2.45, 2.75) is 0 Å². The Morgan fingerprint density at radius 3 is 1.15 bits per heavy atom. The lowest BCUT2D eigenvalue weighted by atomic mass is 9.97. The number of rotatable bonds is 6. The number of furan rings is 2. The highest BCUT2D eigenvalue weighted by Gasteiger charge is 2.19. The molecular formula is C56H35NO2. The van der Waals surface area contributed by atoms with E-state index in [1.165, 1.54) is 21.9 Å². The Labute approximate surface area is 340 Å². The van der Waals surface area contributed by atoms with Crippen LogP contribution in [0.1, 0.15) is 0 Å². The van der Waals surface area contributed by atoms with Gasteiger partial charge in [-0.3, -0.25) is 0 Å². The van der Waals surface area contributed by atoms with Crippen LogP contribution in [0.5, 0.6) is 0 Å². The minimum Gasteiger partial charge on any atom is -0.455 e. The lowest BCUT2D eigenvalue weighted by Gasteiger charge is -2.26. The summed E-state index contributed by atoms with van der Waals surface area (Å²) in [5.41, 5.74) is 13.8. The first-order valence-corrected chi connectivity index (χ1v) is 20.1. The van der Waals surface area contributed by atoms with Crippen LogP contribution < -0.4 is 4.90 Å². The molecule has 0 radical (unpaired) electrons. The molecule has 59 heavy (non-hydrogen) atoms. The first kappa shape index (κ1) is 33.3. The molecule has 0 aliphatic heterocycles. The molecule has 0 spiro atoms. The Morgan fingerprint density at radius 1 is 0.271 bits per heavy atom. The molecule has 0 atom stereocenters. The molecule has 0 amide bonds. The molecule has 0 unspecified atom stereocenters. The smallest absolute Gasteiger partial charge is 0.143 e. The Hall–Kier alpha value is -7.88. The summed E-state index contributed by atoms with van der Waals surface area (Å²) in [6.07, 6.45) is 0. The molecule has 12 rings (SSSR count). The van der Waals surface area contributed by atoms with Crippen LogP contribution in [0.4, 0.5) is 17.1 Å². The first-order chi connectivity index (χ1) is 29.2. The fraction of sp³-hybridized carbons (Fsp3) is 0. The van der Waals surface area contributed by atoms with Gasteiger partial charge in [0.2, 0.25) is 0 Å². The Kier molecular flexibility index (Phi) is 7.54. The minimum absolute atomic E-state index is 0.894. The van der Waals surface area contributed by atoms with Crippen molar-refractivity contribution in [3.8, 4) is 33.4 Å². The lowest BCUT2D eigenvalue weighted by molar-refractivity contribution is 0.672. The molecule has 0 saturated heterocycles. The summed E-state index contributed by atoms with van der Waals surface area (Å²) < 4.78 is 13.1. The maximum Gasteiger partial charge on any atom is 0.143 e. The van der Waals surface area contributed by atoms with Crippen LogP contribution in [-0.4, -0.2) is 0 Å². The average Bonchev–Trinajstić information content (AvgIpc) is 3.90. The van der Waals surface area contributed by atoms with E-state index in [9.17, 15) is 0 Å². The van der Waals surface area contributed by atoms with Crippen LogP contribution in [0, 0.1) is 0 Å². The molecule has 0 N–H and O–H groups in total. The molecule has 0 bridgehead atoms. The van der Waals surface area contributed by atoms with Crippen LogP contribution in [0.25, 0.3) is 98.8 Å². The van der Waals surface area contributed by atoms with Gasteiger partial charge in [0.05, 0.1) is 0 Å². The zero-order chi connectivity index (χ0) is 38.9. The van der Waals surface area contributed by atoms with E-state index < -0.39 is 0 Å². The van der Waals surface area contributed by atoms with Crippen LogP contribution in [0.15, 0.2) is 221 Å². The summed E-state index contributed by atoms with van der Waals surface area (Å²) in [5, 5.41) is 9.15. The molecule has 0 fully saturated rings. The zero-order valence-electron chi connectivity index (χ0n) is 32.0. The molecule has 2 aromatic heterocycles. The van der Waals surface area contributed by atoms with Gasteiger partial charge in [0.15, 0.2) is 0 Å². The van der Waals surface area contributed by atoms with Crippen molar-refractivity contribution >= 4 is 82.5 Å². The van der Waals surface area contributed by atoms with Crippen LogP contribution in [0.2, 0.25) is 0 Å². The quantitative estimate of drug-likeness (QED) is 0.169. The molecule has 2 heterocycles. The number of fused-ring (bicyclic) bond motifs is 10. The maximum absolute atomic E-state index is 6.53. The molecule has 3 nitrogen and oxygen atoms in total. The molecule has 0 saturated carbocycles. The van der Waals surface area contributed by atoms with Crippen LogP contribution in [-0.2, 0) is 0 Å². The number of hydrogen-bond donors (Lipinski definition) is 0. The van der Waals surface area contributed by atoms with Gasteiger partial charge in [0.25, 0.3) is 0 Å².